The van der Waals surface area contributed by atoms with Crippen LogP contribution in [0, 0.1) is 13.8 Å². The Morgan fingerprint density at radius 2 is 1.78 bits per heavy atom. The average molecular weight is 353 g/mol. The van der Waals surface area contributed by atoms with Crippen LogP contribution in [0.15, 0.2) is 47.4 Å². The number of thioether (sulfide) groups is 1. The number of thiocarbonyl (C=S) groups is 1. The quantitative estimate of drug-likeness (QED) is 0.404. The highest BCUT2D eigenvalue weighted by Crippen LogP contribution is 2.26. The van der Waals surface area contributed by atoms with Crippen molar-refractivity contribution in [1.82, 2.24) is 5.43 Å². The van der Waals surface area contributed by atoms with Gasteiger partial charge in [0, 0.05) is 10.6 Å². The number of hydrazine groups is 1. The van der Waals surface area contributed by atoms with Crippen molar-refractivity contribution in [1.29, 1.82) is 0 Å². The Kier molecular flexibility index (Phi) is 6.18. The van der Waals surface area contributed by atoms with E-state index in [9.17, 15) is 8.78 Å². The predicted octanol–water partition coefficient (Wildman–Crippen LogP) is 4.93. The van der Waals surface area contributed by atoms with E-state index in [1.54, 1.807) is 24.3 Å². The summed E-state index contributed by atoms with van der Waals surface area (Å²) in [6, 6.07) is 12.7. The zero-order chi connectivity index (χ0) is 16.8. The van der Waals surface area contributed by atoms with Crippen LogP contribution in [0.4, 0.5) is 20.2 Å². The fourth-order valence-electron chi connectivity index (χ4n) is 1.96. The highest BCUT2D eigenvalue weighted by molar-refractivity contribution is 7.99. The van der Waals surface area contributed by atoms with Gasteiger partial charge in [-0.05, 0) is 62.0 Å². The summed E-state index contributed by atoms with van der Waals surface area (Å²) in [5.74, 6) is -2.42. The Labute approximate surface area is 143 Å². The van der Waals surface area contributed by atoms with Crippen molar-refractivity contribution in [3.63, 3.8) is 0 Å². The normalized spacial score (nSPS) is 10.5. The van der Waals surface area contributed by atoms with E-state index in [1.807, 2.05) is 26.0 Å². The molecule has 0 saturated heterocycles. The molecule has 122 valence electrons. The number of rotatable bonds is 5. The second-order valence-corrected chi connectivity index (χ2v) is 6.40. The molecule has 0 aliphatic carbocycles. The molecule has 2 aromatic carbocycles. The molecule has 0 fully saturated rings. The molecule has 0 amide bonds. The molecule has 0 aromatic heterocycles. The zero-order valence-corrected chi connectivity index (χ0v) is 14.3. The molecular weight excluding hydrogens is 336 g/mol. The molecule has 0 atom stereocenters. The van der Waals surface area contributed by atoms with Gasteiger partial charge in [0.1, 0.15) is 0 Å². The van der Waals surface area contributed by atoms with Gasteiger partial charge in [0.15, 0.2) is 5.11 Å². The minimum absolute atomic E-state index is 0.388. The second kappa shape index (κ2) is 8.12. The molecule has 0 aliphatic heterocycles. The molecule has 2 rings (SSSR count). The molecule has 7 heteroatoms. The smallest absolute Gasteiger partial charge is 0.288 e. The van der Waals surface area contributed by atoms with Crippen molar-refractivity contribution in [2.45, 2.75) is 24.5 Å². The van der Waals surface area contributed by atoms with Crippen LogP contribution in [0.3, 0.4) is 0 Å². The van der Waals surface area contributed by atoms with Crippen molar-refractivity contribution in [2.75, 3.05) is 10.7 Å². The Bertz CT molecular complexity index is 676. The maximum Gasteiger partial charge on any atom is 0.288 e. The third-order valence-electron chi connectivity index (χ3n) is 3.03. The monoisotopic (exact) mass is 353 g/mol. The van der Waals surface area contributed by atoms with Crippen LogP contribution >= 0.6 is 24.0 Å². The highest BCUT2D eigenvalue weighted by atomic mass is 32.2. The Morgan fingerprint density at radius 1 is 1.09 bits per heavy atom. The maximum absolute atomic E-state index is 12.3. The summed E-state index contributed by atoms with van der Waals surface area (Å²) in [6.07, 6.45) is 0. The lowest BCUT2D eigenvalue weighted by Crippen LogP contribution is -2.33. The van der Waals surface area contributed by atoms with Gasteiger partial charge in [-0.2, -0.15) is 8.78 Å². The highest BCUT2D eigenvalue weighted by Gasteiger charge is 2.05. The standard InChI is InChI=1S/C16H17F2N3S2/c1-10-3-8-14(11(2)9-10)20-21-16(22)19-12-4-6-13(7-5-12)23-15(17)18/h3-9,15,20H,1-2H3,(H2,19,21,22). The molecule has 3 nitrogen and oxygen atoms in total. The maximum atomic E-state index is 12.3. The van der Waals surface area contributed by atoms with Crippen molar-refractivity contribution < 1.29 is 8.78 Å². The fourth-order valence-corrected chi connectivity index (χ4v) is 2.63. The summed E-state index contributed by atoms with van der Waals surface area (Å²) in [7, 11) is 0. The van der Waals surface area contributed by atoms with Crippen LogP contribution in [0.2, 0.25) is 0 Å². The second-order valence-electron chi connectivity index (χ2n) is 4.93. The molecule has 23 heavy (non-hydrogen) atoms. The first-order valence-corrected chi connectivity index (χ1v) is 8.18. The van der Waals surface area contributed by atoms with Gasteiger partial charge in [-0.3, -0.25) is 10.9 Å². The molecule has 0 saturated carbocycles. The number of aryl methyl sites for hydroxylation is 2. The Hall–Kier alpha value is -1.86. The first kappa shape index (κ1) is 17.5. The molecule has 0 aliphatic rings. The average Bonchev–Trinajstić information content (AvgIpc) is 2.48. The Balaban J connectivity index is 1.87. The molecule has 0 bridgehead atoms. The first-order valence-electron chi connectivity index (χ1n) is 6.89. The number of anilines is 2. The summed E-state index contributed by atoms with van der Waals surface area (Å²) < 4.78 is 24.5. The van der Waals surface area contributed by atoms with Crippen molar-refractivity contribution in [3.05, 3.63) is 53.6 Å². The fraction of sp³-hybridized carbons (Fsp3) is 0.188. The summed E-state index contributed by atoms with van der Waals surface area (Å²) in [5, 5.41) is 3.37. The van der Waals surface area contributed by atoms with Gasteiger partial charge < -0.3 is 5.32 Å². The lowest BCUT2D eigenvalue weighted by atomic mass is 10.1. The van der Waals surface area contributed by atoms with Gasteiger partial charge in [0.25, 0.3) is 5.76 Å². The van der Waals surface area contributed by atoms with E-state index < -0.39 is 5.76 Å². The van der Waals surface area contributed by atoms with Gasteiger partial charge in [0.2, 0.25) is 0 Å². The van der Waals surface area contributed by atoms with E-state index >= 15 is 0 Å². The van der Waals surface area contributed by atoms with Crippen LogP contribution in [0.1, 0.15) is 11.1 Å². The number of hydrogen-bond donors (Lipinski definition) is 3. The largest absolute Gasteiger partial charge is 0.331 e. The summed E-state index contributed by atoms with van der Waals surface area (Å²) >= 11 is 5.71. The first-order chi connectivity index (χ1) is 10.9. The number of benzene rings is 2. The molecule has 0 spiro atoms. The zero-order valence-electron chi connectivity index (χ0n) is 12.7. The number of halogens is 2. The van der Waals surface area contributed by atoms with Crippen molar-refractivity contribution in [3.8, 4) is 0 Å². The van der Waals surface area contributed by atoms with E-state index in [1.165, 1.54) is 5.56 Å². The molecule has 3 N–H and O–H groups in total. The molecule has 2 aromatic rings. The number of alkyl halides is 2. The minimum Gasteiger partial charge on any atom is -0.331 e. The lowest BCUT2D eigenvalue weighted by molar-refractivity contribution is 0.252. The molecular formula is C16H17F2N3S2. The summed E-state index contributed by atoms with van der Waals surface area (Å²) in [6.45, 7) is 4.04. The van der Waals surface area contributed by atoms with Gasteiger partial charge >= 0.3 is 0 Å². The van der Waals surface area contributed by atoms with E-state index in [-0.39, 0.29) is 0 Å². The lowest BCUT2D eigenvalue weighted by Gasteiger charge is -2.14. The van der Waals surface area contributed by atoms with Crippen molar-refractivity contribution in [2.24, 2.45) is 0 Å². The number of hydrogen-bond acceptors (Lipinski definition) is 3. The molecule has 0 radical (unpaired) electrons. The van der Waals surface area contributed by atoms with Crippen LogP contribution < -0.4 is 16.2 Å². The van der Waals surface area contributed by atoms with Gasteiger partial charge in [-0.1, -0.05) is 29.5 Å². The van der Waals surface area contributed by atoms with Crippen LogP contribution in [0.25, 0.3) is 0 Å². The Morgan fingerprint density at radius 3 is 2.39 bits per heavy atom. The van der Waals surface area contributed by atoms with Gasteiger partial charge in [0.05, 0.1) is 5.69 Å². The van der Waals surface area contributed by atoms with Crippen LogP contribution in [-0.2, 0) is 0 Å². The molecule has 0 heterocycles. The third kappa shape index (κ3) is 5.69. The summed E-state index contributed by atoms with van der Waals surface area (Å²) in [5.41, 5.74) is 9.90. The topological polar surface area (TPSA) is 36.1 Å². The summed E-state index contributed by atoms with van der Waals surface area (Å²) in [4.78, 5) is 0.512. The van der Waals surface area contributed by atoms with Crippen LogP contribution in [0.5, 0.6) is 0 Å². The van der Waals surface area contributed by atoms with E-state index in [2.05, 4.69) is 22.2 Å². The number of nitrogens with one attached hydrogen (secondary N) is 3. The van der Waals surface area contributed by atoms with Gasteiger partial charge in [-0.15, -0.1) is 0 Å². The van der Waals surface area contributed by atoms with E-state index in [0.717, 1.165) is 16.9 Å². The van der Waals surface area contributed by atoms with E-state index in [0.29, 0.717) is 21.8 Å². The third-order valence-corrected chi connectivity index (χ3v) is 3.96. The minimum atomic E-state index is -2.42. The molecule has 0 unspecified atom stereocenters. The van der Waals surface area contributed by atoms with Gasteiger partial charge in [-0.25, -0.2) is 0 Å². The van der Waals surface area contributed by atoms with Crippen molar-refractivity contribution >= 4 is 40.5 Å². The van der Waals surface area contributed by atoms with E-state index in [4.69, 9.17) is 12.2 Å². The van der Waals surface area contributed by atoms with Crippen LogP contribution in [-0.4, -0.2) is 10.9 Å². The predicted molar refractivity (Wildman–Crippen MR) is 97.2 cm³/mol. The SMILES string of the molecule is Cc1ccc(NNC(=S)Nc2ccc(SC(F)F)cc2)c(C)c1.